The molecule has 3 fully saturated rings. The van der Waals surface area contributed by atoms with E-state index in [1.807, 2.05) is 0 Å². The molecule has 1 N–H and O–H groups in total. The molecule has 2 heteroatoms. The molecular formula is C16H30N2. The van der Waals surface area contributed by atoms with Crippen molar-refractivity contribution < 1.29 is 0 Å². The zero-order chi connectivity index (χ0) is 12.5. The highest BCUT2D eigenvalue weighted by atomic mass is 15.2. The topological polar surface area (TPSA) is 15.3 Å². The summed E-state index contributed by atoms with van der Waals surface area (Å²) in [6, 6.07) is 3.39. The van der Waals surface area contributed by atoms with E-state index in [4.69, 9.17) is 0 Å². The van der Waals surface area contributed by atoms with Crippen LogP contribution in [0.2, 0.25) is 0 Å². The van der Waals surface area contributed by atoms with Crippen LogP contribution in [0, 0.1) is 5.92 Å². The summed E-state index contributed by atoms with van der Waals surface area (Å²) in [5.74, 6) is 0.972. The molecule has 104 valence electrons. The van der Waals surface area contributed by atoms with E-state index in [1.165, 1.54) is 57.8 Å². The Hall–Kier alpha value is -0.0800. The maximum Gasteiger partial charge on any atom is 0.0110 e. The lowest BCUT2D eigenvalue weighted by atomic mass is 9.81. The van der Waals surface area contributed by atoms with Crippen molar-refractivity contribution >= 4 is 0 Å². The minimum atomic E-state index is 0.815. The number of rotatable bonds is 2. The molecule has 3 aliphatic rings. The highest BCUT2D eigenvalue weighted by Gasteiger charge is 2.36. The van der Waals surface area contributed by atoms with Gasteiger partial charge in [-0.25, -0.2) is 0 Å². The Balaban J connectivity index is 1.52. The van der Waals surface area contributed by atoms with E-state index in [-0.39, 0.29) is 0 Å². The van der Waals surface area contributed by atoms with Crippen LogP contribution in [0.5, 0.6) is 0 Å². The molecule has 2 atom stereocenters. The van der Waals surface area contributed by atoms with Crippen molar-refractivity contribution in [2.24, 2.45) is 5.92 Å². The largest absolute Gasteiger partial charge is 0.311 e. The van der Waals surface area contributed by atoms with Gasteiger partial charge in [0.05, 0.1) is 0 Å². The van der Waals surface area contributed by atoms with Crippen LogP contribution in [-0.2, 0) is 0 Å². The summed E-state index contributed by atoms with van der Waals surface area (Å²) in [5.41, 5.74) is 0. The fourth-order valence-electron chi connectivity index (χ4n) is 4.51. The lowest BCUT2D eigenvalue weighted by molar-refractivity contribution is 0.0439. The second kappa shape index (κ2) is 5.50. The highest BCUT2D eigenvalue weighted by Crippen LogP contribution is 2.33. The molecule has 2 bridgehead atoms. The third kappa shape index (κ3) is 2.75. The predicted octanol–water partition coefficient (Wildman–Crippen LogP) is 3.17. The Morgan fingerprint density at radius 2 is 1.44 bits per heavy atom. The molecule has 2 nitrogen and oxygen atoms in total. The number of hydrogen-bond acceptors (Lipinski definition) is 2. The lowest BCUT2D eigenvalue weighted by Gasteiger charge is -2.48. The van der Waals surface area contributed by atoms with Gasteiger partial charge in [-0.05, 0) is 64.3 Å². The number of nitrogens with one attached hydrogen (secondary N) is 1. The van der Waals surface area contributed by atoms with Crippen LogP contribution in [0.25, 0.3) is 0 Å². The average molecular weight is 250 g/mol. The number of piperidine rings is 2. The molecular weight excluding hydrogens is 220 g/mol. The van der Waals surface area contributed by atoms with Gasteiger partial charge >= 0.3 is 0 Å². The van der Waals surface area contributed by atoms with E-state index in [1.54, 1.807) is 0 Å². The summed E-state index contributed by atoms with van der Waals surface area (Å²) in [7, 11) is 2.35. The highest BCUT2D eigenvalue weighted by molar-refractivity contribution is 4.94. The summed E-state index contributed by atoms with van der Waals surface area (Å²) in [6.45, 7) is 2.41. The quantitative estimate of drug-likeness (QED) is 0.810. The number of hydrogen-bond donors (Lipinski definition) is 1. The minimum Gasteiger partial charge on any atom is -0.311 e. The van der Waals surface area contributed by atoms with E-state index in [2.05, 4.69) is 24.2 Å². The lowest BCUT2D eigenvalue weighted by Crippen LogP contribution is -2.56. The van der Waals surface area contributed by atoms with Gasteiger partial charge in [0.25, 0.3) is 0 Å². The van der Waals surface area contributed by atoms with E-state index in [9.17, 15) is 0 Å². The Morgan fingerprint density at radius 1 is 0.833 bits per heavy atom. The van der Waals surface area contributed by atoms with Crippen molar-refractivity contribution in [3.05, 3.63) is 0 Å². The van der Waals surface area contributed by atoms with Crippen LogP contribution in [-0.4, -0.2) is 36.1 Å². The van der Waals surface area contributed by atoms with Crippen molar-refractivity contribution in [1.82, 2.24) is 10.2 Å². The van der Waals surface area contributed by atoms with Gasteiger partial charge in [-0.1, -0.05) is 13.3 Å². The molecule has 2 saturated heterocycles. The molecule has 1 aliphatic carbocycles. The molecule has 0 aromatic heterocycles. The smallest absolute Gasteiger partial charge is 0.0110 e. The predicted molar refractivity (Wildman–Crippen MR) is 76.8 cm³/mol. The van der Waals surface area contributed by atoms with Gasteiger partial charge in [0.1, 0.15) is 0 Å². The zero-order valence-corrected chi connectivity index (χ0v) is 12.2. The van der Waals surface area contributed by atoms with Crippen LogP contribution < -0.4 is 5.32 Å². The first-order valence-corrected chi connectivity index (χ1v) is 8.20. The summed E-state index contributed by atoms with van der Waals surface area (Å²) >= 11 is 0. The maximum atomic E-state index is 4.00. The van der Waals surface area contributed by atoms with Crippen molar-refractivity contribution in [3.63, 3.8) is 0 Å². The Bertz CT molecular complexity index is 256. The standard InChI is InChI=1S/C16H30N2/c1-12-6-8-13(9-7-12)17-14-10-15-4-3-5-16(11-14)18(15)2/h12-17H,3-11H2,1-2H3. The minimum absolute atomic E-state index is 0.815. The fraction of sp³-hybridized carbons (Fsp3) is 1.00. The molecule has 1 saturated carbocycles. The Kier molecular flexibility index (Phi) is 3.95. The summed E-state index contributed by atoms with van der Waals surface area (Å²) in [4.78, 5) is 2.67. The van der Waals surface area contributed by atoms with Crippen LogP contribution in [0.4, 0.5) is 0 Å². The molecule has 18 heavy (non-hydrogen) atoms. The summed E-state index contributed by atoms with van der Waals surface area (Å²) < 4.78 is 0. The van der Waals surface area contributed by atoms with Gasteiger partial charge in [0.2, 0.25) is 0 Å². The van der Waals surface area contributed by atoms with Gasteiger partial charge in [-0.15, -0.1) is 0 Å². The molecule has 0 aromatic carbocycles. The maximum absolute atomic E-state index is 4.00. The van der Waals surface area contributed by atoms with Gasteiger partial charge in [0, 0.05) is 24.2 Å². The summed E-state index contributed by atoms with van der Waals surface area (Å²) in [6.07, 6.45) is 12.9. The van der Waals surface area contributed by atoms with Gasteiger partial charge in [-0.2, -0.15) is 0 Å². The van der Waals surface area contributed by atoms with E-state index >= 15 is 0 Å². The first-order chi connectivity index (χ1) is 8.72. The van der Waals surface area contributed by atoms with Gasteiger partial charge in [0.15, 0.2) is 0 Å². The number of nitrogens with zero attached hydrogens (tertiary/aromatic N) is 1. The third-order valence-electron chi connectivity index (χ3n) is 5.83. The Morgan fingerprint density at radius 3 is 2.06 bits per heavy atom. The average Bonchev–Trinajstić information content (AvgIpc) is 2.33. The SMILES string of the molecule is CC1CCC(NC2CC3CCCC(C2)N3C)CC1. The van der Waals surface area contributed by atoms with Gasteiger partial charge in [-0.3, -0.25) is 0 Å². The molecule has 0 radical (unpaired) electrons. The van der Waals surface area contributed by atoms with E-state index in [0.29, 0.717) is 0 Å². The van der Waals surface area contributed by atoms with Crippen LogP contribution in [0.1, 0.15) is 64.7 Å². The van der Waals surface area contributed by atoms with Crippen LogP contribution in [0.3, 0.4) is 0 Å². The third-order valence-corrected chi connectivity index (χ3v) is 5.83. The first kappa shape index (κ1) is 12.9. The molecule has 0 aromatic rings. The van der Waals surface area contributed by atoms with Crippen molar-refractivity contribution in [3.8, 4) is 0 Å². The molecule has 2 unspecified atom stereocenters. The Labute approximate surface area is 113 Å². The fourth-order valence-corrected chi connectivity index (χ4v) is 4.51. The van der Waals surface area contributed by atoms with Crippen molar-refractivity contribution in [1.29, 1.82) is 0 Å². The van der Waals surface area contributed by atoms with Crippen LogP contribution >= 0.6 is 0 Å². The van der Waals surface area contributed by atoms with Crippen LogP contribution in [0.15, 0.2) is 0 Å². The van der Waals surface area contributed by atoms with E-state index < -0.39 is 0 Å². The zero-order valence-electron chi connectivity index (χ0n) is 12.2. The summed E-state index contributed by atoms with van der Waals surface area (Å²) in [5, 5.41) is 4.00. The van der Waals surface area contributed by atoms with Crippen molar-refractivity contribution in [2.45, 2.75) is 88.9 Å². The normalized spacial score (nSPS) is 46.0. The molecule has 2 aliphatic heterocycles. The van der Waals surface area contributed by atoms with E-state index in [0.717, 1.165) is 30.1 Å². The molecule has 3 rings (SSSR count). The molecule has 0 amide bonds. The number of fused-ring (bicyclic) bond motifs is 2. The molecule has 0 spiro atoms. The monoisotopic (exact) mass is 250 g/mol. The second-order valence-electron chi connectivity index (χ2n) is 7.20. The van der Waals surface area contributed by atoms with Crippen molar-refractivity contribution in [2.75, 3.05) is 7.05 Å². The second-order valence-corrected chi connectivity index (χ2v) is 7.20. The first-order valence-electron chi connectivity index (χ1n) is 8.20. The molecule has 2 heterocycles. The van der Waals surface area contributed by atoms with Gasteiger partial charge < -0.3 is 10.2 Å².